The van der Waals surface area contributed by atoms with Crippen LogP contribution in [0.5, 0.6) is 11.5 Å². The van der Waals surface area contributed by atoms with Crippen LogP contribution in [-0.4, -0.2) is 31.2 Å². The standard InChI is InChI=1S/C14H8F6IO2.CHF3O3S/c15-13(16,17)22-11-5-1-9(2-6-11)21-10-3-7-12(8-4-10)23-14(18,19)20;2-1(3,4)8(5,6)7/h1-8H;(H,5,6,7)/q+1;/p-1. The largest absolute Gasteiger partial charge is 0.741 e. The second-order valence-electron chi connectivity index (χ2n) is 5.00. The van der Waals surface area contributed by atoms with Gasteiger partial charge in [0.05, 0.1) is 0 Å². The molecule has 2 aromatic rings. The third-order valence-electron chi connectivity index (χ3n) is 2.60. The molecule has 0 amide bonds. The molecule has 5 nitrogen and oxygen atoms in total. The van der Waals surface area contributed by atoms with Crippen molar-refractivity contribution in [3.63, 3.8) is 0 Å². The molecule has 0 saturated heterocycles. The summed E-state index contributed by atoms with van der Waals surface area (Å²) in [6, 6.07) is 10.8. The summed E-state index contributed by atoms with van der Waals surface area (Å²) in [6.45, 7) is 0. The molecule has 0 aliphatic heterocycles. The lowest BCUT2D eigenvalue weighted by atomic mass is 10.3. The van der Waals surface area contributed by atoms with Crippen molar-refractivity contribution in [2.45, 2.75) is 18.2 Å². The van der Waals surface area contributed by atoms with Crippen molar-refractivity contribution in [2.24, 2.45) is 0 Å². The van der Waals surface area contributed by atoms with E-state index in [1.165, 1.54) is 48.5 Å². The van der Waals surface area contributed by atoms with Crippen LogP contribution in [0.1, 0.15) is 0 Å². The van der Waals surface area contributed by atoms with E-state index in [0.29, 0.717) is 0 Å². The Bertz CT molecular complexity index is 880. The van der Waals surface area contributed by atoms with Crippen molar-refractivity contribution in [2.75, 3.05) is 0 Å². The highest BCUT2D eigenvalue weighted by Gasteiger charge is 2.37. The average Bonchev–Trinajstić information content (AvgIpc) is 2.54. The van der Waals surface area contributed by atoms with E-state index < -0.39 is 49.6 Å². The maximum absolute atomic E-state index is 12.0. The minimum absolute atomic E-state index is 0.320. The van der Waals surface area contributed by atoms with E-state index in [-0.39, 0.29) is 11.5 Å². The van der Waals surface area contributed by atoms with Crippen LogP contribution in [0.4, 0.5) is 39.5 Å². The lowest BCUT2D eigenvalue weighted by molar-refractivity contribution is -0.597. The Hall–Kier alpha value is -1.95. The maximum Gasteiger partial charge on any atom is 0.573 e. The number of benzene rings is 2. The Morgan fingerprint density at radius 2 is 0.903 bits per heavy atom. The number of halogens is 10. The predicted molar refractivity (Wildman–Crippen MR) is 79.4 cm³/mol. The first-order chi connectivity index (χ1) is 13.9. The topological polar surface area (TPSA) is 75.7 Å². The van der Waals surface area contributed by atoms with Crippen LogP contribution in [0, 0.1) is 7.14 Å². The van der Waals surface area contributed by atoms with Gasteiger partial charge in [0.25, 0.3) is 0 Å². The van der Waals surface area contributed by atoms with E-state index in [9.17, 15) is 39.5 Å². The van der Waals surface area contributed by atoms with Gasteiger partial charge in [0.1, 0.15) is 11.5 Å². The van der Waals surface area contributed by atoms with Gasteiger partial charge in [0.2, 0.25) is 0 Å². The summed E-state index contributed by atoms with van der Waals surface area (Å²) in [5, 5.41) is 0. The number of alkyl halides is 9. The van der Waals surface area contributed by atoms with Gasteiger partial charge in [-0.15, -0.1) is 26.3 Å². The first-order valence-electron chi connectivity index (χ1n) is 7.24. The summed E-state index contributed by atoms with van der Waals surface area (Å²) < 4.78 is 140. The second kappa shape index (κ2) is 10.1. The fourth-order valence-electron chi connectivity index (χ4n) is 1.52. The molecule has 2 rings (SSSR count). The fourth-order valence-corrected chi connectivity index (χ4v) is 3.68. The van der Waals surface area contributed by atoms with Crippen molar-refractivity contribution < 1.29 is 83.2 Å². The molecule has 0 atom stereocenters. The summed E-state index contributed by atoms with van der Waals surface area (Å²) in [5.74, 6) is -0.640. The normalized spacial score (nSPS) is 12.6. The van der Waals surface area contributed by atoms with Gasteiger partial charge in [-0.25, -0.2) is 8.42 Å². The molecule has 2 aromatic carbocycles. The van der Waals surface area contributed by atoms with Gasteiger partial charge in [0.15, 0.2) is 17.3 Å². The van der Waals surface area contributed by atoms with E-state index in [1.54, 1.807) is 0 Å². The quantitative estimate of drug-likeness (QED) is 0.232. The van der Waals surface area contributed by atoms with Crippen molar-refractivity contribution in [1.82, 2.24) is 0 Å². The highest BCUT2D eigenvalue weighted by atomic mass is 127. The Labute approximate surface area is 178 Å². The molecular weight excluding hydrogens is 590 g/mol. The third-order valence-corrected chi connectivity index (χ3v) is 5.85. The zero-order valence-electron chi connectivity index (χ0n) is 14.3. The van der Waals surface area contributed by atoms with Crippen LogP contribution in [0.15, 0.2) is 48.5 Å². The molecule has 0 saturated carbocycles. The lowest BCUT2D eigenvalue weighted by Crippen LogP contribution is -3.61. The summed E-state index contributed by atoms with van der Waals surface area (Å²) >= 11 is -0.739. The minimum Gasteiger partial charge on any atom is -0.741 e. The lowest BCUT2D eigenvalue weighted by Gasteiger charge is -2.08. The zero-order valence-corrected chi connectivity index (χ0v) is 17.3. The molecule has 0 radical (unpaired) electrons. The minimum atomic E-state index is -6.09. The van der Waals surface area contributed by atoms with Crippen LogP contribution in [0.25, 0.3) is 0 Å². The molecule has 0 bridgehead atoms. The van der Waals surface area contributed by atoms with Crippen LogP contribution in [0.3, 0.4) is 0 Å². The summed E-state index contributed by atoms with van der Waals surface area (Å²) in [6.07, 6.45) is -9.49. The molecule has 0 N–H and O–H groups in total. The highest BCUT2D eigenvalue weighted by molar-refractivity contribution is 7.86. The molecule has 0 aliphatic carbocycles. The summed E-state index contributed by atoms with van der Waals surface area (Å²) in [7, 11) is -6.09. The number of ether oxygens (including phenoxy) is 2. The van der Waals surface area contributed by atoms with Gasteiger partial charge in [-0.05, 0) is 48.5 Å². The molecule has 16 heteroatoms. The SMILES string of the molecule is FC(F)(F)Oc1ccc([I+]c2ccc(OC(F)(F)F)cc2)cc1.O=S(=O)([O-])C(F)(F)F. The summed E-state index contributed by atoms with van der Waals surface area (Å²) in [5.41, 5.74) is -5.65. The van der Waals surface area contributed by atoms with Gasteiger partial charge in [-0.1, -0.05) is 0 Å². The number of hydrogen-bond acceptors (Lipinski definition) is 5. The molecule has 0 aliphatic rings. The maximum atomic E-state index is 12.0. The molecule has 0 unspecified atom stereocenters. The van der Waals surface area contributed by atoms with E-state index in [1.807, 2.05) is 0 Å². The van der Waals surface area contributed by atoms with Crippen molar-refractivity contribution in [3.8, 4) is 11.5 Å². The van der Waals surface area contributed by atoms with Gasteiger partial charge in [-0.3, -0.25) is 0 Å². The fraction of sp³-hybridized carbons (Fsp3) is 0.200. The van der Waals surface area contributed by atoms with Gasteiger partial charge in [-0.2, -0.15) is 13.2 Å². The molecule has 31 heavy (non-hydrogen) atoms. The number of hydrogen-bond donors (Lipinski definition) is 0. The van der Waals surface area contributed by atoms with E-state index >= 15 is 0 Å². The first-order valence-corrected chi connectivity index (χ1v) is 10.8. The van der Waals surface area contributed by atoms with Crippen LogP contribution in [0.2, 0.25) is 0 Å². The number of rotatable bonds is 4. The molecule has 0 aromatic heterocycles. The zero-order chi connectivity index (χ0) is 24.1. The molecule has 0 heterocycles. The predicted octanol–water partition coefficient (Wildman–Crippen LogP) is 1.66. The van der Waals surface area contributed by atoms with Crippen molar-refractivity contribution >= 4 is 10.1 Å². The van der Waals surface area contributed by atoms with Gasteiger partial charge in [0, 0.05) is 0 Å². The highest BCUT2D eigenvalue weighted by Crippen LogP contribution is 2.23. The Balaban J connectivity index is 0.000000512. The van der Waals surface area contributed by atoms with Gasteiger partial charge < -0.3 is 14.0 Å². The van der Waals surface area contributed by atoms with Crippen molar-refractivity contribution in [3.05, 3.63) is 55.7 Å². The molecule has 0 spiro atoms. The monoisotopic (exact) mass is 598 g/mol. The van der Waals surface area contributed by atoms with E-state index in [4.69, 9.17) is 13.0 Å². The van der Waals surface area contributed by atoms with Crippen LogP contribution >= 0.6 is 0 Å². The third kappa shape index (κ3) is 11.3. The Morgan fingerprint density at radius 3 is 1.10 bits per heavy atom. The van der Waals surface area contributed by atoms with E-state index in [2.05, 4.69) is 9.47 Å². The Kier molecular flexibility index (Phi) is 8.84. The van der Waals surface area contributed by atoms with Gasteiger partial charge >= 0.3 is 39.4 Å². The van der Waals surface area contributed by atoms with E-state index in [0.717, 1.165) is 7.14 Å². The smallest absolute Gasteiger partial charge is 0.573 e. The summed E-state index contributed by atoms with van der Waals surface area (Å²) in [4.78, 5) is 0. The van der Waals surface area contributed by atoms with Crippen molar-refractivity contribution in [1.29, 1.82) is 0 Å². The van der Waals surface area contributed by atoms with Crippen LogP contribution in [-0.2, 0) is 10.1 Å². The molecular formula is C15H8F9IO5S. The first kappa shape index (κ1) is 27.1. The Morgan fingerprint density at radius 1 is 0.645 bits per heavy atom. The molecule has 0 fully saturated rings. The second-order valence-corrected chi connectivity index (χ2v) is 9.40. The molecule has 174 valence electrons. The average molecular weight is 598 g/mol. The van der Waals surface area contributed by atoms with Crippen LogP contribution < -0.4 is 30.7 Å².